The minimum atomic E-state index is -0.136. The van der Waals surface area contributed by atoms with Crippen molar-refractivity contribution in [2.24, 2.45) is 0 Å². The number of hydrogen-bond acceptors (Lipinski definition) is 5. The Balaban J connectivity index is 1.68. The van der Waals surface area contributed by atoms with Gasteiger partial charge in [-0.15, -0.1) is 10.2 Å². The molecule has 0 aliphatic rings. The monoisotopic (exact) mass is 634 g/mol. The fourth-order valence-electron chi connectivity index (χ4n) is 3.36. The molecule has 0 aliphatic carbocycles. The van der Waals surface area contributed by atoms with Crippen LogP contribution in [0.5, 0.6) is 5.75 Å². The van der Waals surface area contributed by atoms with Gasteiger partial charge in [0.15, 0.2) is 11.0 Å². The van der Waals surface area contributed by atoms with Crippen molar-refractivity contribution < 1.29 is 9.90 Å². The number of amides is 1. The molecule has 1 aromatic heterocycles. The summed E-state index contributed by atoms with van der Waals surface area (Å²) in [4.78, 5) is 12.6. The van der Waals surface area contributed by atoms with E-state index in [2.05, 4.69) is 60.1 Å². The molecular formula is C24H20BrIN4O2S. The molecule has 1 heterocycles. The second kappa shape index (κ2) is 10.3. The number of rotatable bonds is 6. The maximum absolute atomic E-state index is 12.6. The lowest BCUT2D eigenvalue weighted by Crippen LogP contribution is -2.14. The first kappa shape index (κ1) is 23.8. The Kier molecular flexibility index (Phi) is 7.40. The highest BCUT2D eigenvalue weighted by Crippen LogP contribution is 2.35. The van der Waals surface area contributed by atoms with Crippen LogP contribution in [-0.2, 0) is 4.79 Å². The minimum absolute atomic E-state index is 0.101. The van der Waals surface area contributed by atoms with Gasteiger partial charge in [0.2, 0.25) is 5.91 Å². The Labute approximate surface area is 218 Å². The normalized spacial score (nSPS) is 10.9. The SMILES string of the molecule is Cc1ccc(-n2c(SCC(=O)Nc3ccc(I)cc3)nnc2-c2cc(Br)ccc2O)c(C)c1. The minimum Gasteiger partial charge on any atom is -0.507 e. The molecule has 4 rings (SSSR count). The van der Waals surface area contributed by atoms with Gasteiger partial charge in [0.1, 0.15) is 5.75 Å². The average Bonchev–Trinajstić information content (AvgIpc) is 3.19. The van der Waals surface area contributed by atoms with E-state index in [0.717, 1.165) is 30.5 Å². The lowest BCUT2D eigenvalue weighted by molar-refractivity contribution is -0.113. The summed E-state index contributed by atoms with van der Waals surface area (Å²) in [5.41, 5.74) is 4.36. The van der Waals surface area contributed by atoms with E-state index < -0.39 is 0 Å². The molecule has 0 aliphatic heterocycles. The number of thioether (sulfide) groups is 1. The summed E-state index contributed by atoms with van der Waals surface area (Å²) in [6, 6.07) is 18.9. The number of hydrogen-bond donors (Lipinski definition) is 2. The van der Waals surface area contributed by atoms with E-state index in [4.69, 9.17) is 0 Å². The molecular weight excluding hydrogens is 615 g/mol. The van der Waals surface area contributed by atoms with Gasteiger partial charge >= 0.3 is 0 Å². The van der Waals surface area contributed by atoms with E-state index in [1.807, 2.05) is 54.8 Å². The van der Waals surface area contributed by atoms with Gasteiger partial charge in [-0.05, 0) is 90.5 Å². The standard InChI is InChI=1S/C24H20BrIN4O2S/c1-14-3-9-20(15(2)11-14)30-23(19-12-16(25)4-10-21(19)31)28-29-24(30)33-13-22(32)27-18-7-5-17(26)6-8-18/h3-12,31H,13H2,1-2H3,(H,27,32). The van der Waals surface area contributed by atoms with E-state index >= 15 is 0 Å². The van der Waals surface area contributed by atoms with Gasteiger partial charge in [-0.3, -0.25) is 9.36 Å². The highest BCUT2D eigenvalue weighted by Gasteiger charge is 2.21. The number of aromatic nitrogens is 3. The summed E-state index contributed by atoms with van der Waals surface area (Å²) in [6.45, 7) is 4.05. The number of nitrogens with zero attached hydrogens (tertiary/aromatic N) is 3. The first-order valence-corrected chi connectivity index (χ1v) is 12.9. The van der Waals surface area contributed by atoms with Crippen LogP contribution in [0.15, 0.2) is 70.3 Å². The Bertz CT molecular complexity index is 1320. The number of anilines is 1. The number of halogens is 2. The molecule has 0 atom stereocenters. The summed E-state index contributed by atoms with van der Waals surface area (Å²) in [6.07, 6.45) is 0. The number of nitrogens with one attached hydrogen (secondary N) is 1. The maximum Gasteiger partial charge on any atom is 0.234 e. The van der Waals surface area contributed by atoms with Crippen LogP contribution in [0.1, 0.15) is 11.1 Å². The van der Waals surface area contributed by atoms with E-state index in [9.17, 15) is 9.90 Å². The van der Waals surface area contributed by atoms with Gasteiger partial charge in [-0.25, -0.2) is 0 Å². The Morgan fingerprint density at radius 1 is 1.09 bits per heavy atom. The van der Waals surface area contributed by atoms with E-state index in [1.54, 1.807) is 18.2 Å². The number of aryl methyl sites for hydroxylation is 2. The molecule has 0 spiro atoms. The van der Waals surface area contributed by atoms with Crippen molar-refractivity contribution in [1.29, 1.82) is 0 Å². The molecule has 0 fully saturated rings. The van der Waals surface area contributed by atoms with Crippen molar-refractivity contribution in [3.05, 3.63) is 79.8 Å². The lowest BCUT2D eigenvalue weighted by atomic mass is 10.1. The van der Waals surface area contributed by atoms with Crippen LogP contribution < -0.4 is 5.32 Å². The third-order valence-corrected chi connectivity index (χ3v) is 7.03. The first-order chi connectivity index (χ1) is 15.8. The molecule has 4 aromatic rings. The van der Waals surface area contributed by atoms with Crippen molar-refractivity contribution in [3.63, 3.8) is 0 Å². The highest BCUT2D eigenvalue weighted by molar-refractivity contribution is 14.1. The van der Waals surface area contributed by atoms with Gasteiger partial charge in [-0.2, -0.15) is 0 Å². The predicted octanol–water partition coefficient (Wildman–Crippen LogP) is 6.35. The molecule has 0 bridgehead atoms. The third-order valence-electron chi connectivity index (χ3n) is 4.89. The second-order valence-electron chi connectivity index (χ2n) is 7.44. The summed E-state index contributed by atoms with van der Waals surface area (Å²) in [7, 11) is 0. The molecule has 0 unspecified atom stereocenters. The molecule has 1 amide bonds. The molecule has 2 N–H and O–H groups in total. The van der Waals surface area contributed by atoms with Crippen LogP contribution in [0.4, 0.5) is 5.69 Å². The summed E-state index contributed by atoms with van der Waals surface area (Å²) in [5, 5.41) is 22.7. The zero-order valence-corrected chi connectivity index (χ0v) is 22.4. The summed E-state index contributed by atoms with van der Waals surface area (Å²) in [5.74, 6) is 0.633. The predicted molar refractivity (Wildman–Crippen MR) is 144 cm³/mol. The maximum atomic E-state index is 12.6. The number of benzene rings is 3. The number of carbonyl (C=O) groups is 1. The molecule has 6 nitrogen and oxygen atoms in total. The van der Waals surface area contributed by atoms with Crippen LogP contribution in [-0.4, -0.2) is 31.5 Å². The molecule has 3 aromatic carbocycles. The van der Waals surface area contributed by atoms with E-state index in [1.165, 1.54) is 11.8 Å². The van der Waals surface area contributed by atoms with Crippen molar-refractivity contribution in [2.45, 2.75) is 19.0 Å². The quantitative estimate of drug-likeness (QED) is 0.191. The van der Waals surface area contributed by atoms with Crippen LogP contribution in [0.2, 0.25) is 0 Å². The fourth-order valence-corrected chi connectivity index (χ4v) is 4.82. The molecule has 33 heavy (non-hydrogen) atoms. The summed E-state index contributed by atoms with van der Waals surface area (Å²) >= 11 is 6.98. The topological polar surface area (TPSA) is 80.0 Å². The zero-order valence-electron chi connectivity index (χ0n) is 17.8. The third kappa shape index (κ3) is 5.59. The van der Waals surface area contributed by atoms with Crippen LogP contribution in [0.3, 0.4) is 0 Å². The molecule has 0 saturated heterocycles. The number of phenols is 1. The van der Waals surface area contributed by atoms with Gasteiger partial charge < -0.3 is 10.4 Å². The van der Waals surface area contributed by atoms with Gasteiger partial charge in [0.25, 0.3) is 0 Å². The number of aromatic hydroxyl groups is 1. The zero-order chi connectivity index (χ0) is 23.5. The Morgan fingerprint density at radius 2 is 1.85 bits per heavy atom. The molecule has 9 heteroatoms. The largest absolute Gasteiger partial charge is 0.507 e. The highest BCUT2D eigenvalue weighted by atomic mass is 127. The second-order valence-corrected chi connectivity index (χ2v) is 10.5. The van der Waals surface area contributed by atoms with Crippen molar-refractivity contribution in [3.8, 4) is 22.8 Å². The average molecular weight is 635 g/mol. The first-order valence-electron chi connectivity index (χ1n) is 10.0. The van der Waals surface area contributed by atoms with Crippen molar-refractivity contribution in [2.75, 3.05) is 11.1 Å². The Morgan fingerprint density at radius 3 is 2.58 bits per heavy atom. The van der Waals surface area contributed by atoms with Crippen molar-refractivity contribution in [1.82, 2.24) is 14.8 Å². The van der Waals surface area contributed by atoms with Crippen LogP contribution >= 0.6 is 50.3 Å². The summed E-state index contributed by atoms with van der Waals surface area (Å²) < 4.78 is 3.81. The smallest absolute Gasteiger partial charge is 0.234 e. The number of carbonyl (C=O) groups excluding carboxylic acids is 1. The van der Waals surface area contributed by atoms with E-state index in [-0.39, 0.29) is 17.4 Å². The molecule has 0 radical (unpaired) electrons. The number of phenolic OH excluding ortho intramolecular Hbond substituents is 1. The molecule has 0 saturated carbocycles. The van der Waals surface area contributed by atoms with Crippen molar-refractivity contribution >= 4 is 61.9 Å². The lowest BCUT2D eigenvalue weighted by Gasteiger charge is -2.14. The van der Waals surface area contributed by atoms with Crippen LogP contribution in [0, 0.1) is 17.4 Å². The van der Waals surface area contributed by atoms with Gasteiger partial charge in [-0.1, -0.05) is 45.4 Å². The van der Waals surface area contributed by atoms with Crippen LogP contribution in [0.25, 0.3) is 17.1 Å². The van der Waals surface area contributed by atoms with E-state index in [0.29, 0.717) is 16.5 Å². The van der Waals surface area contributed by atoms with Gasteiger partial charge in [0.05, 0.1) is 17.0 Å². The molecule has 168 valence electrons. The van der Waals surface area contributed by atoms with Gasteiger partial charge in [0, 0.05) is 13.7 Å². The fraction of sp³-hybridized carbons (Fsp3) is 0.125. The Hall–Kier alpha value is -2.37.